The van der Waals surface area contributed by atoms with E-state index in [1.54, 1.807) is 36.7 Å². The second-order valence-corrected chi connectivity index (χ2v) is 7.12. The molecular weight excluding hydrogens is 384 g/mol. The number of benzene rings is 1. The number of hydrogen-bond donors (Lipinski definition) is 3. The first kappa shape index (κ1) is 21.1. The van der Waals surface area contributed by atoms with Crippen LogP contribution in [-0.4, -0.2) is 37.6 Å². The molecule has 0 bridgehead atoms. The van der Waals surface area contributed by atoms with Crippen LogP contribution < -0.4 is 10.6 Å². The van der Waals surface area contributed by atoms with Gasteiger partial charge in [0.1, 0.15) is 5.82 Å². The number of nitro groups is 1. The van der Waals surface area contributed by atoms with Crippen LogP contribution in [0.2, 0.25) is 0 Å². The van der Waals surface area contributed by atoms with Crippen LogP contribution in [0.15, 0.2) is 54.9 Å². The molecule has 9 nitrogen and oxygen atoms in total. The number of pyridine rings is 1. The van der Waals surface area contributed by atoms with Crippen LogP contribution in [0.4, 0.5) is 17.5 Å². The van der Waals surface area contributed by atoms with E-state index in [1.807, 2.05) is 26.0 Å². The Labute approximate surface area is 174 Å². The van der Waals surface area contributed by atoms with Crippen LogP contribution in [0.3, 0.4) is 0 Å². The molecule has 2 aromatic heterocycles. The van der Waals surface area contributed by atoms with E-state index in [9.17, 15) is 15.2 Å². The standard InChI is InChI=1S/C21H24N6O3/c1-14(2)18(13-28)25-21-24-17(15-7-5-9-22-11-15)10-20(26-21)23-12-16-6-3-4-8-19(16)27(29)30/h3-11,14,18,28H,12-13H2,1-2H3,(H2,23,24,25,26)/t18-/m0/s1. The number of para-hydroxylation sites is 1. The number of nitrogens with one attached hydrogen (secondary N) is 2. The van der Waals surface area contributed by atoms with Gasteiger partial charge in [0, 0.05) is 42.2 Å². The molecular formula is C21H24N6O3. The van der Waals surface area contributed by atoms with E-state index >= 15 is 0 Å². The zero-order chi connectivity index (χ0) is 21.5. The van der Waals surface area contributed by atoms with Crippen LogP contribution in [0, 0.1) is 16.0 Å². The third kappa shape index (κ3) is 5.26. The minimum atomic E-state index is -0.403. The van der Waals surface area contributed by atoms with Gasteiger partial charge < -0.3 is 15.7 Å². The number of rotatable bonds is 9. The maximum Gasteiger partial charge on any atom is 0.274 e. The van der Waals surface area contributed by atoms with Crippen molar-refractivity contribution in [3.05, 3.63) is 70.5 Å². The van der Waals surface area contributed by atoms with Gasteiger partial charge in [-0.2, -0.15) is 4.98 Å². The summed E-state index contributed by atoms with van der Waals surface area (Å²) < 4.78 is 0. The lowest BCUT2D eigenvalue weighted by Gasteiger charge is -2.20. The van der Waals surface area contributed by atoms with Gasteiger partial charge in [-0.05, 0) is 18.1 Å². The van der Waals surface area contributed by atoms with Crippen molar-refractivity contribution in [3.63, 3.8) is 0 Å². The van der Waals surface area contributed by atoms with Crippen molar-refractivity contribution in [2.24, 2.45) is 5.92 Å². The van der Waals surface area contributed by atoms with Gasteiger partial charge in [0.25, 0.3) is 5.69 Å². The Morgan fingerprint density at radius 3 is 2.63 bits per heavy atom. The summed E-state index contributed by atoms with van der Waals surface area (Å²) in [6.07, 6.45) is 3.38. The number of anilines is 2. The number of hydrogen-bond acceptors (Lipinski definition) is 8. The molecule has 2 heterocycles. The van der Waals surface area contributed by atoms with Gasteiger partial charge in [0.15, 0.2) is 0 Å². The van der Waals surface area contributed by atoms with Crippen molar-refractivity contribution in [3.8, 4) is 11.3 Å². The van der Waals surface area contributed by atoms with Crippen molar-refractivity contribution in [1.82, 2.24) is 15.0 Å². The Balaban J connectivity index is 1.91. The highest BCUT2D eigenvalue weighted by molar-refractivity contribution is 5.63. The monoisotopic (exact) mass is 408 g/mol. The van der Waals surface area contributed by atoms with E-state index in [-0.39, 0.29) is 30.8 Å². The molecule has 156 valence electrons. The number of nitro benzene ring substituents is 1. The van der Waals surface area contributed by atoms with Crippen LogP contribution in [0.1, 0.15) is 19.4 Å². The number of aliphatic hydroxyl groups is 1. The number of aromatic nitrogens is 3. The quantitative estimate of drug-likeness (QED) is 0.363. The molecule has 0 aliphatic heterocycles. The Kier molecular flexibility index (Phi) is 6.87. The molecule has 0 aliphatic rings. The van der Waals surface area contributed by atoms with E-state index in [0.717, 1.165) is 5.56 Å². The average Bonchev–Trinajstić information content (AvgIpc) is 2.76. The molecule has 1 atom stereocenters. The van der Waals surface area contributed by atoms with Crippen molar-refractivity contribution in [2.75, 3.05) is 17.2 Å². The second-order valence-electron chi connectivity index (χ2n) is 7.12. The predicted molar refractivity (Wildman–Crippen MR) is 115 cm³/mol. The maximum absolute atomic E-state index is 11.3. The second kappa shape index (κ2) is 9.75. The first-order valence-corrected chi connectivity index (χ1v) is 9.61. The molecule has 3 aromatic rings. The fourth-order valence-corrected chi connectivity index (χ4v) is 2.88. The summed E-state index contributed by atoms with van der Waals surface area (Å²) in [5, 5.41) is 27.2. The van der Waals surface area contributed by atoms with Gasteiger partial charge in [-0.3, -0.25) is 15.1 Å². The smallest absolute Gasteiger partial charge is 0.274 e. The summed E-state index contributed by atoms with van der Waals surface area (Å²) in [4.78, 5) is 24.0. The molecule has 0 aliphatic carbocycles. The van der Waals surface area contributed by atoms with Gasteiger partial charge in [0.2, 0.25) is 5.95 Å². The number of nitrogens with zero attached hydrogens (tertiary/aromatic N) is 4. The highest BCUT2D eigenvalue weighted by Gasteiger charge is 2.16. The van der Waals surface area contributed by atoms with Crippen LogP contribution >= 0.6 is 0 Å². The largest absolute Gasteiger partial charge is 0.394 e. The molecule has 0 saturated carbocycles. The Morgan fingerprint density at radius 2 is 1.97 bits per heavy atom. The minimum absolute atomic E-state index is 0.0463. The van der Waals surface area contributed by atoms with E-state index in [0.29, 0.717) is 23.0 Å². The highest BCUT2D eigenvalue weighted by Crippen LogP contribution is 2.23. The normalized spacial score (nSPS) is 11.9. The van der Waals surface area contributed by atoms with Gasteiger partial charge in [-0.1, -0.05) is 32.0 Å². The Bertz CT molecular complexity index is 997. The lowest BCUT2D eigenvalue weighted by molar-refractivity contribution is -0.385. The van der Waals surface area contributed by atoms with E-state index in [4.69, 9.17) is 0 Å². The Hall–Kier alpha value is -3.59. The van der Waals surface area contributed by atoms with Crippen LogP contribution in [0.5, 0.6) is 0 Å². The molecule has 0 unspecified atom stereocenters. The SMILES string of the molecule is CC(C)[C@H](CO)Nc1nc(NCc2ccccc2[N+](=O)[O-])cc(-c2cccnc2)n1. The molecule has 0 spiro atoms. The lowest BCUT2D eigenvalue weighted by Crippen LogP contribution is -2.30. The van der Waals surface area contributed by atoms with E-state index in [1.165, 1.54) is 6.07 Å². The topological polar surface area (TPSA) is 126 Å². The zero-order valence-corrected chi connectivity index (χ0v) is 16.8. The number of aliphatic hydroxyl groups excluding tert-OH is 1. The summed E-state index contributed by atoms with van der Waals surface area (Å²) in [7, 11) is 0. The summed E-state index contributed by atoms with van der Waals surface area (Å²) in [5.41, 5.74) is 2.05. The first-order chi connectivity index (χ1) is 14.5. The van der Waals surface area contributed by atoms with Gasteiger partial charge in [0.05, 0.1) is 23.3 Å². The minimum Gasteiger partial charge on any atom is -0.394 e. The van der Waals surface area contributed by atoms with Crippen LogP contribution in [-0.2, 0) is 6.54 Å². The fourth-order valence-electron chi connectivity index (χ4n) is 2.88. The lowest BCUT2D eigenvalue weighted by atomic mass is 10.1. The highest BCUT2D eigenvalue weighted by atomic mass is 16.6. The summed E-state index contributed by atoms with van der Waals surface area (Å²) >= 11 is 0. The molecule has 3 rings (SSSR count). The van der Waals surface area contributed by atoms with Crippen molar-refractivity contribution in [2.45, 2.75) is 26.4 Å². The maximum atomic E-state index is 11.3. The molecule has 30 heavy (non-hydrogen) atoms. The molecule has 0 saturated heterocycles. The molecule has 0 fully saturated rings. The molecule has 0 radical (unpaired) electrons. The van der Waals surface area contributed by atoms with Gasteiger partial charge >= 0.3 is 0 Å². The van der Waals surface area contributed by atoms with Gasteiger partial charge in [-0.15, -0.1) is 0 Å². The Morgan fingerprint density at radius 1 is 1.17 bits per heavy atom. The van der Waals surface area contributed by atoms with E-state index in [2.05, 4.69) is 25.6 Å². The average molecular weight is 408 g/mol. The molecule has 3 N–H and O–H groups in total. The summed E-state index contributed by atoms with van der Waals surface area (Å²) in [6, 6.07) is 11.8. The fraction of sp³-hybridized carbons (Fsp3) is 0.286. The molecule has 9 heteroatoms. The van der Waals surface area contributed by atoms with Crippen molar-refractivity contribution < 1.29 is 10.0 Å². The summed E-state index contributed by atoms with van der Waals surface area (Å²) in [6.45, 7) is 4.16. The van der Waals surface area contributed by atoms with Crippen LogP contribution in [0.25, 0.3) is 11.3 Å². The first-order valence-electron chi connectivity index (χ1n) is 9.61. The van der Waals surface area contributed by atoms with Crippen molar-refractivity contribution in [1.29, 1.82) is 0 Å². The molecule has 0 amide bonds. The predicted octanol–water partition coefficient (Wildman–Crippen LogP) is 3.49. The van der Waals surface area contributed by atoms with Crippen molar-refractivity contribution >= 4 is 17.5 Å². The van der Waals surface area contributed by atoms with E-state index < -0.39 is 4.92 Å². The third-order valence-electron chi connectivity index (χ3n) is 4.65. The van der Waals surface area contributed by atoms with Gasteiger partial charge in [-0.25, -0.2) is 4.98 Å². The molecule has 1 aromatic carbocycles. The third-order valence-corrected chi connectivity index (χ3v) is 4.65. The summed E-state index contributed by atoms with van der Waals surface area (Å²) in [5.74, 6) is 1.03. The zero-order valence-electron chi connectivity index (χ0n) is 16.8.